The first kappa shape index (κ1) is 16.0. The maximum atomic E-state index is 11.5. The number of ether oxygens (including phenoxy) is 1. The van der Waals surface area contributed by atoms with Crippen molar-refractivity contribution in [3.63, 3.8) is 0 Å². The van der Waals surface area contributed by atoms with Gasteiger partial charge in [-0.1, -0.05) is 28.1 Å². The molecule has 0 aliphatic heterocycles. The molecule has 0 heterocycles. The van der Waals surface area contributed by atoms with E-state index in [0.717, 1.165) is 16.5 Å². The molecule has 0 aromatic heterocycles. The molecule has 0 atom stereocenters. The molecule has 1 aromatic carbocycles. The molecule has 0 spiro atoms. The number of benzene rings is 1. The van der Waals surface area contributed by atoms with E-state index < -0.39 is 0 Å². The number of hydrogen-bond acceptors (Lipinski definition) is 2. The van der Waals surface area contributed by atoms with E-state index in [9.17, 15) is 4.79 Å². The van der Waals surface area contributed by atoms with Crippen LogP contribution in [0.5, 0.6) is 0 Å². The van der Waals surface area contributed by atoms with Crippen LogP contribution in [-0.4, -0.2) is 25.3 Å². The topological polar surface area (TPSA) is 50.4 Å². The maximum Gasteiger partial charge on any atom is 0.315 e. The summed E-state index contributed by atoms with van der Waals surface area (Å²) in [7, 11) is 0. The number of halogens is 1. The highest BCUT2D eigenvalue weighted by atomic mass is 79.9. The molecule has 0 fully saturated rings. The van der Waals surface area contributed by atoms with Crippen LogP contribution in [0.15, 0.2) is 28.7 Å². The van der Waals surface area contributed by atoms with Crippen LogP contribution < -0.4 is 10.6 Å². The van der Waals surface area contributed by atoms with E-state index in [1.54, 1.807) is 0 Å². The van der Waals surface area contributed by atoms with Gasteiger partial charge >= 0.3 is 6.03 Å². The molecular formula is C14H21BrN2O2. The third-order valence-corrected chi connectivity index (χ3v) is 2.89. The molecule has 0 bridgehead atoms. The second kappa shape index (κ2) is 8.93. The Morgan fingerprint density at radius 3 is 2.84 bits per heavy atom. The van der Waals surface area contributed by atoms with Crippen molar-refractivity contribution in [2.45, 2.75) is 32.9 Å². The first-order chi connectivity index (χ1) is 9.08. The summed E-state index contributed by atoms with van der Waals surface area (Å²) in [5.74, 6) is 0. The van der Waals surface area contributed by atoms with Gasteiger partial charge in [0.1, 0.15) is 0 Å². The number of rotatable bonds is 7. The van der Waals surface area contributed by atoms with Crippen LogP contribution in [-0.2, 0) is 11.3 Å². The van der Waals surface area contributed by atoms with Crippen LogP contribution in [0.1, 0.15) is 25.8 Å². The van der Waals surface area contributed by atoms with Gasteiger partial charge in [-0.25, -0.2) is 4.79 Å². The predicted molar refractivity (Wildman–Crippen MR) is 80.1 cm³/mol. The molecule has 2 amide bonds. The molecule has 5 heteroatoms. The third-order valence-electron chi connectivity index (χ3n) is 2.40. The van der Waals surface area contributed by atoms with Gasteiger partial charge in [0.15, 0.2) is 0 Å². The van der Waals surface area contributed by atoms with Crippen molar-refractivity contribution in [1.82, 2.24) is 10.6 Å². The summed E-state index contributed by atoms with van der Waals surface area (Å²) in [4.78, 5) is 11.5. The number of nitrogens with one attached hydrogen (secondary N) is 2. The minimum Gasteiger partial charge on any atom is -0.379 e. The van der Waals surface area contributed by atoms with E-state index in [1.807, 2.05) is 38.1 Å². The lowest BCUT2D eigenvalue weighted by Crippen LogP contribution is -2.35. The quantitative estimate of drug-likeness (QED) is 0.756. The molecule has 0 aliphatic carbocycles. The average molecular weight is 329 g/mol. The number of carbonyl (C=O) groups excluding carboxylic acids is 1. The Balaban J connectivity index is 2.11. The van der Waals surface area contributed by atoms with Gasteiger partial charge in [-0.15, -0.1) is 0 Å². The summed E-state index contributed by atoms with van der Waals surface area (Å²) >= 11 is 3.40. The van der Waals surface area contributed by atoms with E-state index >= 15 is 0 Å². The number of hydrogen-bond donors (Lipinski definition) is 2. The lowest BCUT2D eigenvalue weighted by Gasteiger charge is -2.09. The van der Waals surface area contributed by atoms with Gasteiger partial charge in [0.05, 0.1) is 6.10 Å². The normalized spacial score (nSPS) is 10.5. The van der Waals surface area contributed by atoms with Crippen molar-refractivity contribution in [3.05, 3.63) is 34.3 Å². The highest BCUT2D eigenvalue weighted by molar-refractivity contribution is 9.10. The first-order valence-electron chi connectivity index (χ1n) is 6.45. The zero-order valence-corrected chi connectivity index (χ0v) is 13.0. The second-order valence-electron chi connectivity index (χ2n) is 4.51. The minimum atomic E-state index is -0.149. The van der Waals surface area contributed by atoms with Gasteiger partial charge in [-0.3, -0.25) is 0 Å². The van der Waals surface area contributed by atoms with Crippen LogP contribution in [0.4, 0.5) is 4.79 Å². The van der Waals surface area contributed by atoms with Crippen molar-refractivity contribution in [3.8, 4) is 0 Å². The molecule has 1 rings (SSSR count). The smallest absolute Gasteiger partial charge is 0.315 e. The lowest BCUT2D eigenvalue weighted by molar-refractivity contribution is 0.0774. The summed E-state index contributed by atoms with van der Waals surface area (Å²) in [5.41, 5.74) is 1.06. The van der Waals surface area contributed by atoms with Crippen molar-refractivity contribution in [2.75, 3.05) is 13.2 Å². The average Bonchev–Trinajstić information content (AvgIpc) is 2.35. The predicted octanol–water partition coefficient (Wildman–Crippen LogP) is 3.06. The summed E-state index contributed by atoms with van der Waals surface area (Å²) in [6.45, 7) is 5.81. The van der Waals surface area contributed by atoms with Crippen LogP contribution >= 0.6 is 15.9 Å². The molecule has 0 saturated carbocycles. The summed E-state index contributed by atoms with van der Waals surface area (Å²) in [6, 6.07) is 7.71. The van der Waals surface area contributed by atoms with Gasteiger partial charge in [-0.2, -0.15) is 0 Å². The molecule has 0 unspecified atom stereocenters. The van der Waals surface area contributed by atoms with Gasteiger partial charge in [0.2, 0.25) is 0 Å². The van der Waals surface area contributed by atoms with Crippen LogP contribution in [0.3, 0.4) is 0 Å². The molecule has 0 aliphatic rings. The highest BCUT2D eigenvalue weighted by Crippen LogP contribution is 2.11. The molecule has 2 N–H and O–H groups in total. The molecule has 106 valence electrons. The number of urea groups is 1. The van der Waals surface area contributed by atoms with Crippen LogP contribution in [0.2, 0.25) is 0 Å². The largest absolute Gasteiger partial charge is 0.379 e. The van der Waals surface area contributed by atoms with Gasteiger partial charge in [-0.05, 0) is 38.0 Å². The molecule has 0 radical (unpaired) electrons. The van der Waals surface area contributed by atoms with Gasteiger partial charge in [0, 0.05) is 24.2 Å². The monoisotopic (exact) mass is 328 g/mol. The van der Waals surface area contributed by atoms with Crippen molar-refractivity contribution in [1.29, 1.82) is 0 Å². The first-order valence-corrected chi connectivity index (χ1v) is 7.25. The zero-order valence-electron chi connectivity index (χ0n) is 11.4. The molecule has 1 aromatic rings. The van der Waals surface area contributed by atoms with E-state index in [-0.39, 0.29) is 12.1 Å². The van der Waals surface area contributed by atoms with E-state index in [0.29, 0.717) is 19.7 Å². The second-order valence-corrected chi connectivity index (χ2v) is 5.43. The van der Waals surface area contributed by atoms with E-state index in [4.69, 9.17) is 4.74 Å². The minimum absolute atomic E-state index is 0.149. The summed E-state index contributed by atoms with van der Waals surface area (Å²) in [6.07, 6.45) is 1.06. The van der Waals surface area contributed by atoms with Gasteiger partial charge in [0.25, 0.3) is 0 Å². The highest BCUT2D eigenvalue weighted by Gasteiger charge is 2.00. The SMILES string of the molecule is CC(C)OCCCNC(=O)NCc1cccc(Br)c1. The Morgan fingerprint density at radius 1 is 1.37 bits per heavy atom. The van der Waals surface area contributed by atoms with Gasteiger partial charge < -0.3 is 15.4 Å². The van der Waals surface area contributed by atoms with E-state index in [1.165, 1.54) is 0 Å². The fourth-order valence-electron chi connectivity index (χ4n) is 1.48. The van der Waals surface area contributed by atoms with Crippen molar-refractivity contribution in [2.24, 2.45) is 0 Å². The van der Waals surface area contributed by atoms with E-state index in [2.05, 4.69) is 26.6 Å². The van der Waals surface area contributed by atoms with Crippen LogP contribution in [0, 0.1) is 0 Å². The Hall–Kier alpha value is -1.07. The summed E-state index contributed by atoms with van der Waals surface area (Å²) < 4.78 is 6.40. The standard InChI is InChI=1S/C14H21BrN2O2/c1-11(2)19-8-4-7-16-14(18)17-10-12-5-3-6-13(15)9-12/h3,5-6,9,11H,4,7-8,10H2,1-2H3,(H2,16,17,18). The fraction of sp³-hybridized carbons (Fsp3) is 0.500. The molecular weight excluding hydrogens is 308 g/mol. The summed E-state index contributed by atoms with van der Waals surface area (Å²) in [5, 5.41) is 5.61. The van der Waals surface area contributed by atoms with Crippen molar-refractivity contribution >= 4 is 22.0 Å². The zero-order chi connectivity index (χ0) is 14.1. The Labute approximate surface area is 123 Å². The van der Waals surface area contributed by atoms with Crippen LogP contribution in [0.25, 0.3) is 0 Å². The Morgan fingerprint density at radius 2 is 2.16 bits per heavy atom. The Bertz CT molecular complexity index is 397. The maximum absolute atomic E-state index is 11.5. The number of carbonyl (C=O) groups is 1. The molecule has 4 nitrogen and oxygen atoms in total. The molecule has 19 heavy (non-hydrogen) atoms. The fourth-order valence-corrected chi connectivity index (χ4v) is 1.93. The third kappa shape index (κ3) is 7.85. The molecule has 0 saturated heterocycles. The lowest BCUT2D eigenvalue weighted by atomic mass is 10.2. The number of amides is 2. The Kier molecular flexibility index (Phi) is 7.52. The van der Waals surface area contributed by atoms with Crippen molar-refractivity contribution < 1.29 is 9.53 Å².